The molecule has 1 heterocycles. The standard InChI is InChI=1S/C18H20BrClN2/c1-21-10-12-22(13-11-21)18(14-6-8-15(20)9-7-14)16-4-2-3-5-17(16)19/h2-9,18H,10-13H2,1H3. The van der Waals surface area contributed by atoms with Crippen molar-refractivity contribution in [2.75, 3.05) is 33.2 Å². The molecule has 1 fully saturated rings. The highest BCUT2D eigenvalue weighted by atomic mass is 79.9. The van der Waals surface area contributed by atoms with E-state index in [-0.39, 0.29) is 6.04 Å². The second kappa shape index (κ2) is 7.14. The lowest BCUT2D eigenvalue weighted by Crippen LogP contribution is -2.46. The van der Waals surface area contributed by atoms with Crippen LogP contribution in [0.25, 0.3) is 0 Å². The van der Waals surface area contributed by atoms with Crippen LogP contribution in [-0.4, -0.2) is 43.0 Å². The summed E-state index contributed by atoms with van der Waals surface area (Å²) in [6.07, 6.45) is 0. The van der Waals surface area contributed by atoms with E-state index in [1.807, 2.05) is 12.1 Å². The zero-order chi connectivity index (χ0) is 15.5. The number of hydrogen-bond acceptors (Lipinski definition) is 2. The molecular weight excluding hydrogens is 360 g/mol. The molecule has 2 aromatic carbocycles. The van der Waals surface area contributed by atoms with Crippen molar-refractivity contribution in [3.05, 3.63) is 69.2 Å². The Labute approximate surface area is 145 Å². The van der Waals surface area contributed by atoms with Gasteiger partial charge in [-0.15, -0.1) is 0 Å². The van der Waals surface area contributed by atoms with Crippen molar-refractivity contribution in [3.8, 4) is 0 Å². The second-order valence-corrected chi connectivity index (χ2v) is 7.11. The minimum atomic E-state index is 0.265. The third-order valence-electron chi connectivity index (χ3n) is 4.29. The van der Waals surface area contributed by atoms with Gasteiger partial charge in [0.25, 0.3) is 0 Å². The molecule has 4 heteroatoms. The Morgan fingerprint density at radius 1 is 0.955 bits per heavy atom. The van der Waals surface area contributed by atoms with Crippen LogP contribution in [-0.2, 0) is 0 Å². The molecule has 0 N–H and O–H groups in total. The topological polar surface area (TPSA) is 6.48 Å². The minimum Gasteiger partial charge on any atom is -0.304 e. The molecule has 2 aromatic rings. The van der Waals surface area contributed by atoms with E-state index in [0.717, 1.165) is 35.7 Å². The lowest BCUT2D eigenvalue weighted by molar-refractivity contribution is 0.127. The molecule has 0 radical (unpaired) electrons. The molecule has 0 spiro atoms. The Hall–Kier alpha value is -0.870. The van der Waals surface area contributed by atoms with Crippen LogP contribution in [0.2, 0.25) is 5.02 Å². The third kappa shape index (κ3) is 3.54. The number of rotatable bonds is 3. The van der Waals surface area contributed by atoms with Gasteiger partial charge in [-0.25, -0.2) is 0 Å². The smallest absolute Gasteiger partial charge is 0.0613 e. The normalized spacial score (nSPS) is 18.3. The van der Waals surface area contributed by atoms with Gasteiger partial charge in [-0.05, 0) is 36.4 Å². The van der Waals surface area contributed by atoms with Gasteiger partial charge in [-0.2, -0.15) is 0 Å². The van der Waals surface area contributed by atoms with Gasteiger partial charge >= 0.3 is 0 Å². The molecule has 116 valence electrons. The lowest BCUT2D eigenvalue weighted by atomic mass is 9.96. The SMILES string of the molecule is CN1CCN(C(c2ccc(Cl)cc2)c2ccccc2Br)CC1. The Bertz CT molecular complexity index is 621. The monoisotopic (exact) mass is 378 g/mol. The first-order chi connectivity index (χ1) is 10.6. The van der Waals surface area contributed by atoms with E-state index in [1.54, 1.807) is 0 Å². The van der Waals surface area contributed by atoms with Gasteiger partial charge in [-0.1, -0.05) is 57.9 Å². The van der Waals surface area contributed by atoms with Crippen molar-refractivity contribution in [1.29, 1.82) is 0 Å². The van der Waals surface area contributed by atoms with Crippen LogP contribution in [0.1, 0.15) is 17.2 Å². The highest BCUT2D eigenvalue weighted by molar-refractivity contribution is 9.10. The number of benzene rings is 2. The molecule has 0 bridgehead atoms. The first-order valence-corrected chi connectivity index (χ1v) is 8.75. The predicted octanol–water partition coefficient (Wildman–Crippen LogP) is 4.44. The molecule has 3 rings (SSSR count). The zero-order valence-electron chi connectivity index (χ0n) is 12.7. The molecule has 0 aromatic heterocycles. The van der Waals surface area contributed by atoms with Crippen LogP contribution in [0.15, 0.2) is 53.0 Å². The van der Waals surface area contributed by atoms with Crippen LogP contribution >= 0.6 is 27.5 Å². The van der Waals surface area contributed by atoms with Gasteiger partial charge in [0.15, 0.2) is 0 Å². The van der Waals surface area contributed by atoms with Crippen LogP contribution in [0, 0.1) is 0 Å². The molecule has 2 nitrogen and oxygen atoms in total. The first kappa shape index (κ1) is 16.0. The summed E-state index contributed by atoms with van der Waals surface area (Å²) in [5.74, 6) is 0. The molecule has 22 heavy (non-hydrogen) atoms. The summed E-state index contributed by atoms with van der Waals surface area (Å²) in [6.45, 7) is 4.36. The Balaban J connectivity index is 1.98. The van der Waals surface area contributed by atoms with E-state index < -0.39 is 0 Å². The van der Waals surface area contributed by atoms with Crippen molar-refractivity contribution in [3.63, 3.8) is 0 Å². The molecule has 0 amide bonds. The lowest BCUT2D eigenvalue weighted by Gasteiger charge is -2.38. The van der Waals surface area contributed by atoms with Gasteiger partial charge in [0, 0.05) is 35.7 Å². The van der Waals surface area contributed by atoms with E-state index in [9.17, 15) is 0 Å². The van der Waals surface area contributed by atoms with Crippen LogP contribution in [0.5, 0.6) is 0 Å². The predicted molar refractivity (Wildman–Crippen MR) is 96.5 cm³/mol. The van der Waals surface area contributed by atoms with E-state index >= 15 is 0 Å². The number of piperazine rings is 1. The summed E-state index contributed by atoms with van der Waals surface area (Å²) in [6, 6.07) is 17.0. The van der Waals surface area contributed by atoms with Gasteiger partial charge in [-0.3, -0.25) is 4.90 Å². The number of halogens is 2. The summed E-state index contributed by atoms with van der Waals surface area (Å²) in [7, 11) is 2.19. The molecular formula is C18H20BrClN2. The average Bonchev–Trinajstić information content (AvgIpc) is 2.53. The molecule has 1 aliphatic heterocycles. The number of likely N-dealkylation sites (N-methyl/N-ethyl adjacent to an activating group) is 1. The van der Waals surface area contributed by atoms with E-state index in [0.29, 0.717) is 0 Å². The maximum absolute atomic E-state index is 6.07. The van der Waals surface area contributed by atoms with Crippen molar-refractivity contribution < 1.29 is 0 Å². The minimum absolute atomic E-state index is 0.265. The fraction of sp³-hybridized carbons (Fsp3) is 0.333. The first-order valence-electron chi connectivity index (χ1n) is 7.57. The highest BCUT2D eigenvalue weighted by Crippen LogP contribution is 2.34. The number of nitrogens with zero attached hydrogens (tertiary/aromatic N) is 2. The maximum atomic E-state index is 6.07. The van der Waals surface area contributed by atoms with Crippen molar-refractivity contribution in [2.45, 2.75) is 6.04 Å². The Kier molecular flexibility index (Phi) is 5.19. The van der Waals surface area contributed by atoms with Gasteiger partial charge < -0.3 is 4.90 Å². The van der Waals surface area contributed by atoms with Gasteiger partial charge in [0.05, 0.1) is 6.04 Å². The van der Waals surface area contributed by atoms with Crippen molar-refractivity contribution in [1.82, 2.24) is 9.80 Å². The Morgan fingerprint density at radius 2 is 1.59 bits per heavy atom. The molecule has 1 unspecified atom stereocenters. The quantitative estimate of drug-likeness (QED) is 0.778. The zero-order valence-corrected chi connectivity index (χ0v) is 15.0. The average molecular weight is 380 g/mol. The van der Waals surface area contributed by atoms with Gasteiger partial charge in [0.1, 0.15) is 0 Å². The maximum Gasteiger partial charge on any atom is 0.0613 e. The fourth-order valence-electron chi connectivity index (χ4n) is 3.01. The summed E-state index contributed by atoms with van der Waals surface area (Å²) in [4.78, 5) is 4.94. The van der Waals surface area contributed by atoms with E-state index in [1.165, 1.54) is 11.1 Å². The van der Waals surface area contributed by atoms with Crippen molar-refractivity contribution in [2.24, 2.45) is 0 Å². The van der Waals surface area contributed by atoms with Crippen LogP contribution in [0.3, 0.4) is 0 Å². The van der Waals surface area contributed by atoms with Crippen molar-refractivity contribution >= 4 is 27.5 Å². The van der Waals surface area contributed by atoms with E-state index in [2.05, 4.69) is 69.2 Å². The fourth-order valence-corrected chi connectivity index (χ4v) is 3.64. The van der Waals surface area contributed by atoms with E-state index in [4.69, 9.17) is 11.6 Å². The molecule has 1 aliphatic rings. The summed E-state index contributed by atoms with van der Waals surface area (Å²) < 4.78 is 1.16. The molecule has 1 saturated heterocycles. The number of hydrogen-bond donors (Lipinski definition) is 0. The Morgan fingerprint density at radius 3 is 2.23 bits per heavy atom. The second-order valence-electron chi connectivity index (χ2n) is 5.81. The summed E-state index contributed by atoms with van der Waals surface area (Å²) in [5, 5.41) is 0.785. The molecule has 1 atom stereocenters. The van der Waals surface area contributed by atoms with Crippen LogP contribution < -0.4 is 0 Å². The molecule has 0 aliphatic carbocycles. The highest BCUT2D eigenvalue weighted by Gasteiger charge is 2.26. The largest absolute Gasteiger partial charge is 0.304 e. The summed E-state index contributed by atoms with van der Waals surface area (Å²) in [5.41, 5.74) is 2.61. The third-order valence-corrected chi connectivity index (χ3v) is 5.26. The van der Waals surface area contributed by atoms with Crippen LogP contribution in [0.4, 0.5) is 0 Å². The summed E-state index contributed by atoms with van der Waals surface area (Å²) >= 11 is 9.79. The van der Waals surface area contributed by atoms with Gasteiger partial charge in [0.2, 0.25) is 0 Å². The molecule has 0 saturated carbocycles.